The average molecular weight is 507 g/mol. The Balaban J connectivity index is 1.72. The standard InChI is InChI=1S/C27H25NO9/c1-36-13-3-6-19(37-2)15(10-13)14-4-5-17(29)21-16(14)8-11-7-12-9-18(30)22(26(28)34)25(33)27(12,35)24(32)20(11)23(21)31/h3-6,10-12,29,31,33,35H,7-9H2,1-2H3,(H2,28,34). The van der Waals surface area contributed by atoms with Gasteiger partial charge in [0.15, 0.2) is 11.4 Å². The molecule has 3 unspecified atom stereocenters. The van der Waals surface area contributed by atoms with Crippen molar-refractivity contribution < 1.29 is 44.3 Å². The SMILES string of the molecule is COc1ccc(OC)c(-c2ccc(O)c3c2CC2CC4CC(=O)C(C(N)=O)=C(O)C4(O)C(=O)C2=C3O)c1. The number of ether oxygens (including phenoxy) is 2. The number of amides is 1. The minimum atomic E-state index is -2.60. The lowest BCUT2D eigenvalue weighted by molar-refractivity contribution is -0.147. The molecule has 2 aromatic carbocycles. The van der Waals surface area contributed by atoms with E-state index in [1.165, 1.54) is 20.3 Å². The van der Waals surface area contributed by atoms with Gasteiger partial charge in [0.25, 0.3) is 5.91 Å². The van der Waals surface area contributed by atoms with Crippen LogP contribution in [0.3, 0.4) is 0 Å². The minimum Gasteiger partial charge on any atom is -0.508 e. The number of methoxy groups -OCH3 is 2. The highest BCUT2D eigenvalue weighted by Gasteiger charge is 2.60. The molecule has 5 rings (SSSR count). The highest BCUT2D eigenvalue weighted by Crippen LogP contribution is 2.53. The van der Waals surface area contributed by atoms with Gasteiger partial charge in [0.05, 0.1) is 19.8 Å². The summed E-state index contributed by atoms with van der Waals surface area (Å²) >= 11 is 0. The third-order valence-corrected chi connectivity index (χ3v) is 7.64. The number of aliphatic hydroxyl groups excluding tert-OH is 2. The summed E-state index contributed by atoms with van der Waals surface area (Å²) in [6, 6.07) is 8.24. The van der Waals surface area contributed by atoms with Gasteiger partial charge in [-0.1, -0.05) is 6.07 Å². The number of aliphatic hydroxyl groups is 3. The number of hydrogen-bond acceptors (Lipinski definition) is 9. The zero-order valence-electron chi connectivity index (χ0n) is 20.1. The maximum atomic E-state index is 13.6. The number of fused-ring (bicyclic) bond motifs is 3. The fraction of sp³-hybridized carbons (Fsp3) is 0.296. The molecule has 1 amide bonds. The fourth-order valence-electron chi connectivity index (χ4n) is 5.90. The van der Waals surface area contributed by atoms with Crippen LogP contribution in [0.1, 0.15) is 24.0 Å². The van der Waals surface area contributed by atoms with Gasteiger partial charge in [-0.25, -0.2) is 0 Å². The Bertz CT molecular complexity index is 1450. The quantitative estimate of drug-likeness (QED) is 0.388. The molecule has 1 fully saturated rings. The van der Waals surface area contributed by atoms with E-state index in [4.69, 9.17) is 15.2 Å². The number of hydrogen-bond donors (Lipinski definition) is 5. The lowest BCUT2D eigenvalue weighted by Gasteiger charge is -2.46. The summed E-state index contributed by atoms with van der Waals surface area (Å²) in [4.78, 5) is 37.9. The molecule has 0 bridgehead atoms. The Morgan fingerprint density at radius 1 is 1.03 bits per heavy atom. The summed E-state index contributed by atoms with van der Waals surface area (Å²) in [5.41, 5.74) is 3.41. The Kier molecular flexibility index (Phi) is 5.52. The molecule has 10 heteroatoms. The second-order valence-corrected chi connectivity index (χ2v) is 9.46. The summed E-state index contributed by atoms with van der Waals surface area (Å²) in [5, 5.41) is 44.0. The molecule has 0 saturated heterocycles. The first-order chi connectivity index (χ1) is 17.5. The normalized spacial score (nSPS) is 24.8. The van der Waals surface area contributed by atoms with Crippen LogP contribution in [0.25, 0.3) is 16.9 Å². The fourth-order valence-corrected chi connectivity index (χ4v) is 5.90. The Hall–Kier alpha value is -4.31. The summed E-state index contributed by atoms with van der Waals surface area (Å²) in [5.74, 6) is -5.60. The van der Waals surface area contributed by atoms with Gasteiger partial charge in [-0.15, -0.1) is 0 Å². The van der Waals surface area contributed by atoms with Gasteiger partial charge in [0.1, 0.15) is 34.3 Å². The van der Waals surface area contributed by atoms with Crippen molar-refractivity contribution in [2.45, 2.75) is 24.9 Å². The van der Waals surface area contributed by atoms with Crippen LogP contribution in [0.15, 0.2) is 47.2 Å². The lowest BCUT2D eigenvalue weighted by Crippen LogP contribution is -2.58. The summed E-state index contributed by atoms with van der Waals surface area (Å²) in [7, 11) is 3.03. The van der Waals surface area contributed by atoms with E-state index in [-0.39, 0.29) is 36.1 Å². The maximum Gasteiger partial charge on any atom is 0.255 e. The van der Waals surface area contributed by atoms with Gasteiger partial charge in [-0.05, 0) is 54.2 Å². The van der Waals surface area contributed by atoms with Crippen LogP contribution in [0.4, 0.5) is 0 Å². The van der Waals surface area contributed by atoms with Crippen molar-refractivity contribution in [3.05, 3.63) is 58.4 Å². The molecule has 3 atom stereocenters. The molecule has 10 nitrogen and oxygen atoms in total. The van der Waals surface area contributed by atoms with Crippen LogP contribution in [0.5, 0.6) is 17.2 Å². The number of carbonyl (C=O) groups excluding carboxylic acids is 3. The van der Waals surface area contributed by atoms with Crippen LogP contribution in [-0.4, -0.2) is 57.7 Å². The maximum absolute atomic E-state index is 13.6. The third kappa shape index (κ3) is 3.32. The first-order valence-corrected chi connectivity index (χ1v) is 11.6. The molecule has 0 aromatic heterocycles. The molecule has 0 spiro atoms. The van der Waals surface area contributed by atoms with Crippen molar-refractivity contribution in [2.24, 2.45) is 17.6 Å². The van der Waals surface area contributed by atoms with Gasteiger partial charge >= 0.3 is 0 Å². The number of phenolic OH excluding ortho intramolecular Hbond substituents is 1. The molecular formula is C27H25NO9. The number of Topliss-reactive ketones (excluding diaryl/α,β-unsaturated/α-hetero) is 2. The largest absolute Gasteiger partial charge is 0.508 e. The molecule has 0 radical (unpaired) electrons. The van der Waals surface area contributed by atoms with Gasteiger partial charge < -0.3 is 35.6 Å². The van der Waals surface area contributed by atoms with Crippen LogP contribution in [-0.2, 0) is 20.8 Å². The van der Waals surface area contributed by atoms with Gasteiger partial charge in [0, 0.05) is 23.5 Å². The van der Waals surface area contributed by atoms with E-state index in [2.05, 4.69) is 0 Å². The number of aromatic hydroxyl groups is 1. The molecule has 1 saturated carbocycles. The van der Waals surface area contributed by atoms with E-state index in [9.17, 15) is 34.8 Å². The Morgan fingerprint density at radius 3 is 2.41 bits per heavy atom. The van der Waals surface area contributed by atoms with Crippen molar-refractivity contribution >= 4 is 23.2 Å². The van der Waals surface area contributed by atoms with Crippen molar-refractivity contribution in [2.75, 3.05) is 14.2 Å². The molecule has 37 heavy (non-hydrogen) atoms. The van der Waals surface area contributed by atoms with Crippen LogP contribution >= 0.6 is 0 Å². The number of benzene rings is 2. The summed E-state index contributed by atoms with van der Waals surface area (Å²) in [6.07, 6.45) is -0.148. The van der Waals surface area contributed by atoms with Crippen LogP contribution in [0, 0.1) is 11.8 Å². The van der Waals surface area contributed by atoms with Crippen molar-refractivity contribution in [3.8, 4) is 28.4 Å². The van der Waals surface area contributed by atoms with E-state index >= 15 is 0 Å². The second-order valence-electron chi connectivity index (χ2n) is 9.46. The predicted octanol–water partition coefficient (Wildman–Crippen LogP) is 2.11. The first-order valence-electron chi connectivity index (χ1n) is 11.6. The smallest absolute Gasteiger partial charge is 0.255 e. The molecule has 3 aliphatic carbocycles. The third-order valence-electron chi connectivity index (χ3n) is 7.64. The number of primary amides is 1. The van der Waals surface area contributed by atoms with E-state index in [1.54, 1.807) is 24.3 Å². The monoisotopic (exact) mass is 507 g/mol. The first kappa shape index (κ1) is 24.4. The van der Waals surface area contributed by atoms with E-state index in [0.29, 0.717) is 28.2 Å². The summed E-state index contributed by atoms with van der Waals surface area (Å²) < 4.78 is 10.9. The van der Waals surface area contributed by atoms with E-state index in [0.717, 1.165) is 0 Å². The number of phenols is 1. The molecule has 3 aliphatic rings. The predicted molar refractivity (Wildman–Crippen MR) is 130 cm³/mol. The minimum absolute atomic E-state index is 0.00880. The van der Waals surface area contributed by atoms with E-state index in [1.807, 2.05) is 0 Å². The van der Waals surface area contributed by atoms with Crippen molar-refractivity contribution in [3.63, 3.8) is 0 Å². The van der Waals surface area contributed by atoms with Crippen molar-refractivity contribution in [1.82, 2.24) is 0 Å². The van der Waals surface area contributed by atoms with Crippen LogP contribution in [0.2, 0.25) is 0 Å². The summed E-state index contributed by atoms with van der Waals surface area (Å²) in [6.45, 7) is 0. The average Bonchev–Trinajstić information content (AvgIpc) is 2.85. The molecular weight excluding hydrogens is 482 g/mol. The molecule has 2 aromatic rings. The lowest BCUT2D eigenvalue weighted by atomic mass is 9.59. The number of ketones is 2. The number of rotatable bonds is 4. The van der Waals surface area contributed by atoms with Gasteiger partial charge in [-0.2, -0.15) is 0 Å². The van der Waals surface area contributed by atoms with Gasteiger partial charge in [0.2, 0.25) is 5.78 Å². The highest BCUT2D eigenvalue weighted by atomic mass is 16.5. The zero-order chi connectivity index (χ0) is 26.8. The number of carbonyl (C=O) groups is 3. The highest BCUT2D eigenvalue weighted by molar-refractivity contribution is 6.22. The van der Waals surface area contributed by atoms with Crippen LogP contribution < -0.4 is 15.2 Å². The van der Waals surface area contributed by atoms with Crippen molar-refractivity contribution in [1.29, 1.82) is 0 Å². The Morgan fingerprint density at radius 2 is 1.76 bits per heavy atom. The topological polar surface area (TPSA) is 177 Å². The molecule has 192 valence electrons. The van der Waals surface area contributed by atoms with Gasteiger partial charge in [-0.3, -0.25) is 14.4 Å². The molecule has 0 heterocycles. The second kappa shape index (κ2) is 8.38. The van der Waals surface area contributed by atoms with E-state index < -0.39 is 52.0 Å². The molecule has 0 aliphatic heterocycles. The number of nitrogens with two attached hydrogens (primary N) is 1. The molecule has 6 N–H and O–H groups in total. The zero-order valence-corrected chi connectivity index (χ0v) is 20.1. The Labute approximate surface area is 211 Å².